The highest BCUT2D eigenvalue weighted by atomic mass is 32.1. The normalized spacial score (nSPS) is 30.4. The molecule has 4 rings (SSSR count). The lowest BCUT2D eigenvalue weighted by Gasteiger charge is -2.53. The standard InChI is InChI=1S/C22H24N2O8.CH4N2S.H2O/c1-7-8-5-4-6-9(25)11(8)16(26)12-10(7)17(27)14-15(24(2)3)18(28)13(21(23)31)20(30)22(14,32)19(12)29;2-1(3)4;/h4-7,10,14-15,17,25-27,30,32H,1-3H3,(H2,23,31);(H4,2,3,4);1H2/t7-,10+,14+,15-,17-,22-;;/m0../s1. The minimum atomic E-state index is -2.89. The summed E-state index contributed by atoms with van der Waals surface area (Å²) in [7, 11) is 2.92. The van der Waals surface area contributed by atoms with E-state index in [1.807, 2.05) is 0 Å². The van der Waals surface area contributed by atoms with E-state index >= 15 is 0 Å². The van der Waals surface area contributed by atoms with Crippen LogP contribution in [0.15, 0.2) is 35.1 Å². The van der Waals surface area contributed by atoms with E-state index in [2.05, 4.69) is 23.7 Å². The molecule has 1 aromatic rings. The molecule has 3 aliphatic carbocycles. The van der Waals surface area contributed by atoms with Crippen LogP contribution >= 0.6 is 12.2 Å². The summed E-state index contributed by atoms with van der Waals surface area (Å²) >= 11 is 4.09. The van der Waals surface area contributed by atoms with Crippen molar-refractivity contribution >= 4 is 40.6 Å². The van der Waals surface area contributed by atoms with Crippen molar-refractivity contribution in [3.63, 3.8) is 0 Å². The number of thiocarbonyl (C=S) groups is 1. The minimum Gasteiger partial charge on any atom is -0.508 e. The average Bonchev–Trinajstić information content (AvgIpc) is 2.75. The van der Waals surface area contributed by atoms with E-state index in [1.54, 1.807) is 19.1 Å². The quantitative estimate of drug-likeness (QED) is 0.148. The van der Waals surface area contributed by atoms with Gasteiger partial charge in [-0.2, -0.15) is 0 Å². The van der Waals surface area contributed by atoms with Crippen LogP contribution in [-0.4, -0.2) is 90.3 Å². The molecule has 0 aliphatic heterocycles. The molecule has 6 atom stereocenters. The van der Waals surface area contributed by atoms with Gasteiger partial charge in [0.15, 0.2) is 16.5 Å². The van der Waals surface area contributed by atoms with Gasteiger partial charge in [-0.05, 0) is 43.9 Å². The highest BCUT2D eigenvalue weighted by Crippen LogP contribution is 2.55. The number of phenols is 1. The molecule has 1 aromatic carbocycles. The lowest BCUT2D eigenvalue weighted by molar-refractivity contribution is -0.169. The molecule has 14 heteroatoms. The Kier molecular flexibility index (Phi) is 8.07. The van der Waals surface area contributed by atoms with Crippen molar-refractivity contribution in [3.05, 3.63) is 46.2 Å². The molecule has 0 unspecified atom stereocenters. The molecule has 0 bridgehead atoms. The van der Waals surface area contributed by atoms with Gasteiger partial charge in [-0.1, -0.05) is 19.1 Å². The molecule has 37 heavy (non-hydrogen) atoms. The fourth-order valence-corrected chi connectivity index (χ4v) is 5.58. The largest absolute Gasteiger partial charge is 0.508 e. The maximum atomic E-state index is 13.7. The van der Waals surface area contributed by atoms with E-state index in [1.165, 1.54) is 25.1 Å². The number of Topliss-reactive ketones (excluding diaryl/α,β-unsaturated/α-hetero) is 2. The zero-order valence-corrected chi connectivity index (χ0v) is 21.0. The summed E-state index contributed by atoms with van der Waals surface area (Å²) in [5, 5.41) is 54.9. The highest BCUT2D eigenvalue weighted by molar-refractivity contribution is 7.80. The first-order valence-electron chi connectivity index (χ1n) is 10.8. The van der Waals surface area contributed by atoms with Gasteiger partial charge in [-0.15, -0.1) is 0 Å². The number of phenolic OH excluding ortho intramolecular Hbond substituents is 1. The van der Waals surface area contributed by atoms with E-state index in [0.29, 0.717) is 5.56 Å². The van der Waals surface area contributed by atoms with Crippen LogP contribution in [-0.2, 0) is 14.4 Å². The number of carbonyl (C=O) groups is 3. The van der Waals surface area contributed by atoms with E-state index in [9.17, 15) is 39.9 Å². The molecule has 13 nitrogen and oxygen atoms in total. The summed E-state index contributed by atoms with van der Waals surface area (Å²) < 4.78 is 0. The van der Waals surface area contributed by atoms with E-state index in [0.717, 1.165) is 0 Å². The van der Waals surface area contributed by atoms with Crippen molar-refractivity contribution in [1.29, 1.82) is 0 Å². The number of aromatic hydroxyl groups is 1. The smallest absolute Gasteiger partial charge is 0.255 e. The van der Waals surface area contributed by atoms with Crippen LogP contribution in [0.4, 0.5) is 0 Å². The van der Waals surface area contributed by atoms with Crippen molar-refractivity contribution in [2.24, 2.45) is 29.0 Å². The Balaban J connectivity index is 0.000000898. The molecular weight excluding hydrogens is 508 g/mol. The van der Waals surface area contributed by atoms with Crippen LogP contribution in [0.2, 0.25) is 0 Å². The van der Waals surface area contributed by atoms with Crippen LogP contribution < -0.4 is 17.2 Å². The summed E-state index contributed by atoms with van der Waals surface area (Å²) in [4.78, 5) is 40.0. The third-order valence-corrected chi connectivity index (χ3v) is 6.99. The molecule has 0 spiro atoms. The first-order valence-corrected chi connectivity index (χ1v) is 11.2. The third kappa shape index (κ3) is 4.22. The molecule has 1 amide bonds. The summed E-state index contributed by atoms with van der Waals surface area (Å²) in [6, 6.07) is 3.13. The number of aliphatic hydroxyl groups is 4. The number of hydrogen-bond donors (Lipinski definition) is 8. The number of benzene rings is 1. The van der Waals surface area contributed by atoms with Gasteiger partial charge >= 0.3 is 0 Å². The van der Waals surface area contributed by atoms with E-state index < -0.39 is 75.6 Å². The van der Waals surface area contributed by atoms with Crippen molar-refractivity contribution in [2.45, 2.75) is 30.6 Å². The third-order valence-electron chi connectivity index (χ3n) is 6.99. The Morgan fingerprint density at radius 1 is 1.11 bits per heavy atom. The zero-order chi connectivity index (χ0) is 27.4. The molecule has 0 saturated heterocycles. The van der Waals surface area contributed by atoms with Crippen LogP contribution in [0.3, 0.4) is 0 Å². The average molecular weight is 539 g/mol. The van der Waals surface area contributed by atoms with Gasteiger partial charge in [0, 0.05) is 11.5 Å². The molecule has 1 fully saturated rings. The Morgan fingerprint density at radius 2 is 1.65 bits per heavy atom. The Bertz CT molecular complexity index is 1240. The van der Waals surface area contributed by atoms with Crippen LogP contribution in [0, 0.1) is 11.8 Å². The molecule has 202 valence electrons. The van der Waals surface area contributed by atoms with Crippen LogP contribution in [0.1, 0.15) is 24.0 Å². The number of nitrogens with two attached hydrogens (primary N) is 3. The SMILES string of the molecule is C[C@H]1c2cccc(O)c2C(O)=C2C(=O)[C@]3(O)C(O)=C(C(N)=O)C(=O)[C@@H](N(C)C)[C@@H]3[C@@H](O)[C@@H]21.NC(N)=S.O. The molecular formula is C23H30N4O9S. The summed E-state index contributed by atoms with van der Waals surface area (Å²) in [5.41, 5.74) is 10.7. The first kappa shape index (κ1) is 29.7. The second kappa shape index (κ2) is 10.1. The number of likely N-dealkylation sites (N-methyl/N-ethyl adjacent to an activating group) is 1. The number of nitrogens with zero attached hydrogens (tertiary/aromatic N) is 1. The van der Waals surface area contributed by atoms with Crippen molar-refractivity contribution in [3.8, 4) is 5.75 Å². The van der Waals surface area contributed by atoms with Crippen LogP contribution in [0.25, 0.3) is 5.76 Å². The molecule has 13 N–H and O–H groups in total. The lowest BCUT2D eigenvalue weighted by atomic mass is 9.54. The van der Waals surface area contributed by atoms with Gasteiger partial charge < -0.3 is 48.2 Å². The Hall–Kier alpha value is -3.56. The van der Waals surface area contributed by atoms with Crippen molar-refractivity contribution < 1.29 is 45.4 Å². The van der Waals surface area contributed by atoms with Crippen molar-refractivity contribution in [1.82, 2.24) is 4.90 Å². The minimum absolute atomic E-state index is 0. The number of carbonyl (C=O) groups excluding carboxylic acids is 3. The Labute approximate surface area is 216 Å². The maximum absolute atomic E-state index is 13.7. The topological polar surface area (TPSA) is 265 Å². The molecule has 3 aliphatic rings. The molecule has 0 heterocycles. The lowest BCUT2D eigenvalue weighted by Crippen LogP contribution is -2.70. The van der Waals surface area contributed by atoms with Crippen LogP contribution in [0.5, 0.6) is 5.75 Å². The number of ketones is 2. The highest BCUT2D eigenvalue weighted by Gasteiger charge is 2.68. The number of amides is 1. The van der Waals surface area contributed by atoms with E-state index in [4.69, 9.17) is 5.73 Å². The molecule has 0 radical (unpaired) electrons. The summed E-state index contributed by atoms with van der Waals surface area (Å²) in [6.07, 6.45) is -1.59. The van der Waals surface area contributed by atoms with E-state index in [-0.39, 0.29) is 21.9 Å². The predicted molar refractivity (Wildman–Crippen MR) is 135 cm³/mol. The number of primary amides is 1. The predicted octanol–water partition coefficient (Wildman–Crippen LogP) is -2.14. The van der Waals surface area contributed by atoms with Gasteiger partial charge in [-0.3, -0.25) is 19.3 Å². The van der Waals surface area contributed by atoms with Gasteiger partial charge in [0.05, 0.1) is 23.6 Å². The first-order chi connectivity index (χ1) is 16.6. The second-order valence-corrected chi connectivity index (χ2v) is 9.66. The number of hydrogen-bond acceptors (Lipinski definition) is 10. The zero-order valence-electron chi connectivity index (χ0n) is 20.2. The van der Waals surface area contributed by atoms with Gasteiger partial charge in [0.2, 0.25) is 5.78 Å². The number of fused-ring (bicyclic) bond motifs is 3. The number of rotatable bonds is 2. The maximum Gasteiger partial charge on any atom is 0.255 e. The monoisotopic (exact) mass is 538 g/mol. The summed E-state index contributed by atoms with van der Waals surface area (Å²) in [6.45, 7) is 1.68. The van der Waals surface area contributed by atoms with Gasteiger partial charge in [-0.25, -0.2) is 0 Å². The second-order valence-electron chi connectivity index (χ2n) is 9.19. The van der Waals surface area contributed by atoms with Gasteiger partial charge in [0.25, 0.3) is 5.91 Å². The molecule has 1 saturated carbocycles. The van der Waals surface area contributed by atoms with Crippen molar-refractivity contribution in [2.75, 3.05) is 14.1 Å². The fraction of sp³-hybridized carbons (Fsp3) is 0.391. The summed E-state index contributed by atoms with van der Waals surface area (Å²) in [5.74, 6) is -8.87. The Morgan fingerprint density at radius 3 is 2.14 bits per heavy atom. The fourth-order valence-electron chi connectivity index (χ4n) is 5.58. The number of aliphatic hydroxyl groups excluding tert-OH is 3. The van der Waals surface area contributed by atoms with Gasteiger partial charge in [0.1, 0.15) is 22.8 Å². The molecule has 0 aromatic heterocycles.